The van der Waals surface area contributed by atoms with Crippen molar-refractivity contribution in [3.63, 3.8) is 0 Å². The molecule has 1 fully saturated rings. The Labute approximate surface area is 180 Å². The molecule has 9 nitrogen and oxygen atoms in total. The molecule has 1 aliphatic heterocycles. The molecule has 4 heterocycles. The Morgan fingerprint density at radius 1 is 1.19 bits per heavy atom. The highest BCUT2D eigenvalue weighted by Gasteiger charge is 2.21. The van der Waals surface area contributed by atoms with E-state index >= 15 is 0 Å². The van der Waals surface area contributed by atoms with Crippen LogP contribution < -0.4 is 15.4 Å². The van der Waals surface area contributed by atoms with Gasteiger partial charge in [-0.3, -0.25) is 4.79 Å². The van der Waals surface area contributed by atoms with E-state index in [1.807, 2.05) is 38.1 Å². The number of hydrogen-bond acceptors (Lipinski definition) is 8. The van der Waals surface area contributed by atoms with Crippen LogP contribution in [0.1, 0.15) is 38.1 Å². The molecule has 0 aromatic carbocycles. The van der Waals surface area contributed by atoms with Crippen molar-refractivity contribution in [3.05, 3.63) is 35.7 Å². The molecule has 9 heteroatoms. The number of piperidine rings is 1. The van der Waals surface area contributed by atoms with Gasteiger partial charge in [-0.1, -0.05) is 5.16 Å². The minimum absolute atomic E-state index is 0.0515. The summed E-state index contributed by atoms with van der Waals surface area (Å²) >= 11 is 0. The first-order valence-corrected chi connectivity index (χ1v) is 10.4. The van der Waals surface area contributed by atoms with Crippen LogP contribution in [-0.4, -0.2) is 44.7 Å². The van der Waals surface area contributed by atoms with Gasteiger partial charge in [-0.25, -0.2) is 9.97 Å². The van der Waals surface area contributed by atoms with E-state index in [0.717, 1.165) is 22.8 Å². The lowest BCUT2D eigenvalue weighted by atomic mass is 10.1. The maximum atomic E-state index is 11.3. The smallest absolute Gasteiger partial charge is 0.258 e. The van der Waals surface area contributed by atoms with E-state index < -0.39 is 0 Å². The highest BCUT2D eigenvalue weighted by molar-refractivity contribution is 5.76. The summed E-state index contributed by atoms with van der Waals surface area (Å²) in [5.41, 5.74) is 2.98. The summed E-state index contributed by atoms with van der Waals surface area (Å²) in [5.74, 6) is 2.32. The fourth-order valence-electron chi connectivity index (χ4n) is 3.39. The molecule has 162 valence electrons. The van der Waals surface area contributed by atoms with Gasteiger partial charge >= 0.3 is 0 Å². The maximum Gasteiger partial charge on any atom is 0.258 e. The van der Waals surface area contributed by atoms with E-state index in [1.165, 1.54) is 0 Å². The predicted molar refractivity (Wildman–Crippen MR) is 116 cm³/mol. The zero-order valence-electron chi connectivity index (χ0n) is 18.1. The molecule has 2 N–H and O–H groups in total. The molecule has 1 amide bonds. The minimum atomic E-state index is -0.0515. The summed E-state index contributed by atoms with van der Waals surface area (Å²) in [6.45, 7) is 8.42. The van der Waals surface area contributed by atoms with Gasteiger partial charge in [-0.15, -0.1) is 0 Å². The van der Waals surface area contributed by atoms with E-state index in [1.54, 1.807) is 0 Å². The lowest BCUT2D eigenvalue weighted by Gasteiger charge is -2.24. The second-order valence-corrected chi connectivity index (χ2v) is 7.97. The van der Waals surface area contributed by atoms with Crippen molar-refractivity contribution < 1.29 is 14.1 Å². The van der Waals surface area contributed by atoms with Crippen LogP contribution in [0.4, 0.5) is 5.82 Å². The molecule has 3 aromatic rings. The molecule has 0 radical (unpaired) electrons. The van der Waals surface area contributed by atoms with Crippen molar-refractivity contribution in [2.24, 2.45) is 0 Å². The number of carbonyl (C=O) groups is 1. The number of aromatic nitrogens is 4. The van der Waals surface area contributed by atoms with Gasteiger partial charge in [-0.05, 0) is 58.4 Å². The molecule has 4 rings (SSSR count). The quantitative estimate of drug-likeness (QED) is 0.622. The lowest BCUT2D eigenvalue weighted by Crippen LogP contribution is -2.40. The predicted octanol–water partition coefficient (Wildman–Crippen LogP) is 3.29. The number of pyridine rings is 2. The fourth-order valence-corrected chi connectivity index (χ4v) is 3.39. The minimum Gasteiger partial charge on any atom is -0.487 e. The Hall–Kier alpha value is -3.49. The van der Waals surface area contributed by atoms with Gasteiger partial charge in [0.25, 0.3) is 5.89 Å². The number of nitrogens with one attached hydrogen (secondary N) is 2. The summed E-state index contributed by atoms with van der Waals surface area (Å²) < 4.78 is 11.5. The van der Waals surface area contributed by atoms with Crippen LogP contribution in [0.25, 0.3) is 23.0 Å². The van der Waals surface area contributed by atoms with Crippen molar-refractivity contribution in [2.75, 3.05) is 11.9 Å². The van der Waals surface area contributed by atoms with E-state index in [9.17, 15) is 4.79 Å². The van der Waals surface area contributed by atoms with Gasteiger partial charge in [0.15, 0.2) is 0 Å². The molecular weight excluding hydrogens is 396 g/mol. The Morgan fingerprint density at radius 2 is 2.03 bits per heavy atom. The molecule has 0 bridgehead atoms. The van der Waals surface area contributed by atoms with E-state index in [4.69, 9.17) is 9.26 Å². The Bertz CT molecular complexity index is 1080. The van der Waals surface area contributed by atoms with Crippen molar-refractivity contribution in [1.82, 2.24) is 25.4 Å². The average molecular weight is 422 g/mol. The van der Waals surface area contributed by atoms with Crippen molar-refractivity contribution in [2.45, 2.75) is 52.7 Å². The summed E-state index contributed by atoms with van der Waals surface area (Å²) in [5, 5.41) is 10.2. The van der Waals surface area contributed by atoms with Crippen LogP contribution in [0.5, 0.6) is 5.75 Å². The molecule has 0 spiro atoms. The lowest BCUT2D eigenvalue weighted by molar-refractivity contribution is -0.123. The Balaban J connectivity index is 1.52. The monoisotopic (exact) mass is 422 g/mol. The first kappa shape index (κ1) is 20.8. The highest BCUT2D eigenvalue weighted by Crippen LogP contribution is 2.26. The van der Waals surface area contributed by atoms with E-state index in [2.05, 4.69) is 44.6 Å². The normalized spacial score (nSPS) is 16.3. The van der Waals surface area contributed by atoms with E-state index in [0.29, 0.717) is 42.5 Å². The molecule has 1 aliphatic rings. The molecular formula is C22H26N6O3. The van der Waals surface area contributed by atoms with Crippen LogP contribution in [0, 0.1) is 13.8 Å². The standard InChI is InChI=1S/C22H26N6O3/c1-12(2)24-19-10-15(9-13(3)25-19)22-27-21(28-31-22)17-6-7-18(14(4)26-17)30-16-5-8-20(29)23-11-16/h6-7,9-10,12,16H,5,8,11H2,1-4H3,(H,23,29)(H,24,25)/t16-/m0/s1. The van der Waals surface area contributed by atoms with Crippen LogP contribution >= 0.6 is 0 Å². The second kappa shape index (κ2) is 8.71. The number of carbonyl (C=O) groups excluding carboxylic acids is 1. The topological polar surface area (TPSA) is 115 Å². The number of nitrogens with zero attached hydrogens (tertiary/aromatic N) is 4. The zero-order valence-corrected chi connectivity index (χ0v) is 18.1. The van der Waals surface area contributed by atoms with Crippen molar-refractivity contribution in [3.8, 4) is 28.7 Å². The van der Waals surface area contributed by atoms with Crippen molar-refractivity contribution in [1.29, 1.82) is 0 Å². The van der Waals surface area contributed by atoms with Gasteiger partial charge in [0.05, 0.1) is 12.2 Å². The van der Waals surface area contributed by atoms with Crippen LogP contribution in [0.2, 0.25) is 0 Å². The Morgan fingerprint density at radius 3 is 2.74 bits per heavy atom. The van der Waals surface area contributed by atoms with E-state index in [-0.39, 0.29) is 18.1 Å². The number of anilines is 1. The van der Waals surface area contributed by atoms with Gasteiger partial charge in [-0.2, -0.15) is 4.98 Å². The molecule has 31 heavy (non-hydrogen) atoms. The number of hydrogen-bond donors (Lipinski definition) is 2. The third-order valence-corrected chi connectivity index (χ3v) is 4.84. The fraction of sp³-hybridized carbons (Fsp3) is 0.409. The third kappa shape index (κ3) is 4.99. The number of amides is 1. The van der Waals surface area contributed by atoms with Gasteiger partial charge in [0.2, 0.25) is 11.7 Å². The maximum absolute atomic E-state index is 11.3. The second-order valence-electron chi connectivity index (χ2n) is 7.97. The van der Waals surface area contributed by atoms with Gasteiger partial charge in [0, 0.05) is 23.7 Å². The highest BCUT2D eigenvalue weighted by atomic mass is 16.5. The summed E-state index contributed by atoms with van der Waals surface area (Å²) in [6, 6.07) is 7.72. The molecule has 3 aromatic heterocycles. The number of rotatable bonds is 6. The number of aryl methyl sites for hydroxylation is 2. The SMILES string of the molecule is Cc1cc(-c2nc(-c3ccc(O[C@H]4CCC(=O)NC4)c(C)n3)no2)cc(NC(C)C)n1. The summed E-state index contributed by atoms with van der Waals surface area (Å²) in [6.07, 6.45) is 1.12. The Kier molecular flexibility index (Phi) is 5.83. The average Bonchev–Trinajstić information content (AvgIpc) is 3.20. The largest absolute Gasteiger partial charge is 0.487 e. The van der Waals surface area contributed by atoms with Crippen LogP contribution in [-0.2, 0) is 4.79 Å². The van der Waals surface area contributed by atoms with Crippen LogP contribution in [0.15, 0.2) is 28.8 Å². The summed E-state index contributed by atoms with van der Waals surface area (Å²) in [4.78, 5) is 24.9. The molecule has 1 atom stereocenters. The van der Waals surface area contributed by atoms with Gasteiger partial charge in [0.1, 0.15) is 23.4 Å². The first-order chi connectivity index (χ1) is 14.9. The molecule has 1 saturated heterocycles. The van der Waals surface area contributed by atoms with Gasteiger partial charge < -0.3 is 19.9 Å². The van der Waals surface area contributed by atoms with Crippen LogP contribution in [0.3, 0.4) is 0 Å². The summed E-state index contributed by atoms with van der Waals surface area (Å²) in [7, 11) is 0. The zero-order chi connectivity index (χ0) is 22.0. The first-order valence-electron chi connectivity index (χ1n) is 10.4. The van der Waals surface area contributed by atoms with Crippen molar-refractivity contribution >= 4 is 11.7 Å². The molecule has 0 saturated carbocycles. The third-order valence-electron chi connectivity index (χ3n) is 4.84. The molecule has 0 unspecified atom stereocenters. The number of ether oxygens (including phenoxy) is 1. The molecule has 0 aliphatic carbocycles.